The first-order valence-electron chi connectivity index (χ1n) is 9.10. The highest BCUT2D eigenvalue weighted by atomic mass is 16.5. The summed E-state index contributed by atoms with van der Waals surface area (Å²) in [5.41, 5.74) is 3.17. The Hall–Kier alpha value is -2.34. The first kappa shape index (κ1) is 18.5. The molecule has 1 N–H and O–H groups in total. The zero-order valence-electron chi connectivity index (χ0n) is 15.4. The fourth-order valence-electron chi connectivity index (χ4n) is 3.55. The van der Waals surface area contributed by atoms with Crippen molar-refractivity contribution in [3.05, 3.63) is 35.5 Å². The predicted molar refractivity (Wildman–Crippen MR) is 98.9 cm³/mol. The van der Waals surface area contributed by atoms with Gasteiger partial charge in [0.25, 0.3) is 0 Å². The second kappa shape index (κ2) is 8.36. The highest BCUT2D eigenvalue weighted by molar-refractivity contribution is 5.91. The van der Waals surface area contributed by atoms with E-state index in [1.54, 1.807) is 4.90 Å². The number of rotatable bonds is 7. The fourth-order valence-corrected chi connectivity index (χ4v) is 3.55. The predicted octanol–water partition coefficient (Wildman–Crippen LogP) is 2.59. The number of benzene rings is 1. The van der Waals surface area contributed by atoms with Crippen LogP contribution in [0.2, 0.25) is 0 Å². The van der Waals surface area contributed by atoms with Crippen LogP contribution in [0.1, 0.15) is 30.4 Å². The SMILES string of the molecule is COC(=O)CCN(CC1CCCO1)C(=O)Cc1c[nH]c2cccc(C)c12. The average Bonchev–Trinajstić information content (AvgIpc) is 3.29. The minimum atomic E-state index is -0.307. The normalized spacial score (nSPS) is 16.8. The van der Waals surface area contributed by atoms with E-state index in [9.17, 15) is 9.59 Å². The van der Waals surface area contributed by atoms with Crippen molar-refractivity contribution in [1.82, 2.24) is 9.88 Å². The lowest BCUT2D eigenvalue weighted by molar-refractivity contribution is -0.142. The van der Waals surface area contributed by atoms with E-state index in [-0.39, 0.29) is 24.4 Å². The molecule has 0 aliphatic carbocycles. The van der Waals surface area contributed by atoms with Gasteiger partial charge in [-0.25, -0.2) is 0 Å². The molecule has 1 aliphatic rings. The van der Waals surface area contributed by atoms with E-state index < -0.39 is 0 Å². The molecule has 6 heteroatoms. The number of carbonyl (C=O) groups is 2. The number of esters is 1. The molecule has 3 rings (SSSR count). The number of fused-ring (bicyclic) bond motifs is 1. The highest BCUT2D eigenvalue weighted by Crippen LogP contribution is 2.23. The van der Waals surface area contributed by atoms with Crippen molar-refractivity contribution in [1.29, 1.82) is 0 Å². The smallest absolute Gasteiger partial charge is 0.307 e. The van der Waals surface area contributed by atoms with Crippen molar-refractivity contribution in [2.45, 2.75) is 38.7 Å². The number of aryl methyl sites for hydroxylation is 1. The molecule has 1 aliphatic heterocycles. The molecule has 1 saturated heterocycles. The van der Waals surface area contributed by atoms with Gasteiger partial charge in [0.1, 0.15) is 0 Å². The third-order valence-electron chi connectivity index (χ3n) is 4.95. The molecule has 1 amide bonds. The van der Waals surface area contributed by atoms with Gasteiger partial charge in [-0.2, -0.15) is 0 Å². The molecule has 1 unspecified atom stereocenters. The van der Waals surface area contributed by atoms with Crippen LogP contribution in [0.4, 0.5) is 0 Å². The minimum absolute atomic E-state index is 0.00792. The third-order valence-corrected chi connectivity index (χ3v) is 4.95. The van der Waals surface area contributed by atoms with E-state index >= 15 is 0 Å². The second-order valence-electron chi connectivity index (χ2n) is 6.79. The van der Waals surface area contributed by atoms with Crippen molar-refractivity contribution < 1.29 is 19.1 Å². The molecule has 1 fully saturated rings. The molecule has 140 valence electrons. The van der Waals surface area contributed by atoms with Gasteiger partial charge in [0.15, 0.2) is 0 Å². The summed E-state index contributed by atoms with van der Waals surface area (Å²) in [6, 6.07) is 6.06. The molecule has 6 nitrogen and oxygen atoms in total. The number of amides is 1. The van der Waals surface area contributed by atoms with E-state index in [0.717, 1.165) is 41.5 Å². The lowest BCUT2D eigenvalue weighted by atomic mass is 10.0. The van der Waals surface area contributed by atoms with Gasteiger partial charge in [0.05, 0.1) is 26.1 Å². The molecule has 0 radical (unpaired) electrons. The Bertz CT molecular complexity index is 777. The summed E-state index contributed by atoms with van der Waals surface area (Å²) in [6.45, 7) is 3.67. The maximum atomic E-state index is 13.0. The number of hydrogen-bond acceptors (Lipinski definition) is 4. The molecular formula is C20H26N2O4. The van der Waals surface area contributed by atoms with Gasteiger partial charge in [-0.15, -0.1) is 0 Å². The molecular weight excluding hydrogens is 332 g/mol. The van der Waals surface area contributed by atoms with Crippen molar-refractivity contribution in [3.8, 4) is 0 Å². The van der Waals surface area contributed by atoms with Crippen molar-refractivity contribution >= 4 is 22.8 Å². The maximum absolute atomic E-state index is 13.0. The Balaban J connectivity index is 1.73. The van der Waals surface area contributed by atoms with Crippen LogP contribution in [0, 0.1) is 6.92 Å². The lowest BCUT2D eigenvalue weighted by Gasteiger charge is -2.25. The number of hydrogen-bond donors (Lipinski definition) is 1. The van der Waals surface area contributed by atoms with Crippen molar-refractivity contribution in [2.75, 3.05) is 26.8 Å². The van der Waals surface area contributed by atoms with Gasteiger partial charge in [-0.3, -0.25) is 9.59 Å². The average molecular weight is 358 g/mol. The van der Waals surface area contributed by atoms with E-state index in [1.807, 2.05) is 31.3 Å². The van der Waals surface area contributed by atoms with Crippen LogP contribution in [0.3, 0.4) is 0 Å². The highest BCUT2D eigenvalue weighted by Gasteiger charge is 2.24. The minimum Gasteiger partial charge on any atom is -0.469 e. The van der Waals surface area contributed by atoms with Crippen LogP contribution in [-0.4, -0.2) is 54.7 Å². The van der Waals surface area contributed by atoms with Crippen LogP contribution < -0.4 is 0 Å². The molecule has 1 atom stereocenters. The van der Waals surface area contributed by atoms with E-state index in [0.29, 0.717) is 19.5 Å². The van der Waals surface area contributed by atoms with Crippen molar-refractivity contribution in [2.24, 2.45) is 0 Å². The van der Waals surface area contributed by atoms with E-state index in [1.165, 1.54) is 7.11 Å². The zero-order chi connectivity index (χ0) is 18.5. The Labute approximate surface area is 153 Å². The summed E-state index contributed by atoms with van der Waals surface area (Å²) < 4.78 is 10.4. The van der Waals surface area contributed by atoms with Gasteiger partial charge in [0, 0.05) is 36.8 Å². The van der Waals surface area contributed by atoms with Gasteiger partial charge in [-0.05, 0) is 37.0 Å². The Morgan fingerprint density at radius 1 is 1.38 bits per heavy atom. The van der Waals surface area contributed by atoms with Crippen LogP contribution in [0.25, 0.3) is 10.9 Å². The molecule has 26 heavy (non-hydrogen) atoms. The number of nitrogens with one attached hydrogen (secondary N) is 1. The maximum Gasteiger partial charge on any atom is 0.307 e. The first-order chi connectivity index (χ1) is 12.6. The molecule has 0 bridgehead atoms. The fraction of sp³-hybridized carbons (Fsp3) is 0.500. The largest absolute Gasteiger partial charge is 0.469 e. The number of H-pyrrole nitrogens is 1. The number of methoxy groups -OCH3 is 1. The zero-order valence-corrected chi connectivity index (χ0v) is 15.4. The van der Waals surface area contributed by atoms with Crippen molar-refractivity contribution in [3.63, 3.8) is 0 Å². The summed E-state index contributed by atoms with van der Waals surface area (Å²) in [7, 11) is 1.36. The molecule has 0 saturated carbocycles. The number of nitrogens with zero attached hydrogens (tertiary/aromatic N) is 1. The number of aromatic nitrogens is 1. The van der Waals surface area contributed by atoms with Gasteiger partial charge in [0.2, 0.25) is 5.91 Å². The molecule has 0 spiro atoms. The van der Waals surface area contributed by atoms with E-state index in [2.05, 4.69) is 4.98 Å². The second-order valence-corrected chi connectivity index (χ2v) is 6.79. The quantitative estimate of drug-likeness (QED) is 0.772. The van der Waals surface area contributed by atoms with Crippen LogP contribution in [-0.2, 0) is 25.5 Å². The Morgan fingerprint density at radius 3 is 2.96 bits per heavy atom. The molecule has 1 aromatic heterocycles. The van der Waals surface area contributed by atoms with Gasteiger partial charge in [-0.1, -0.05) is 12.1 Å². The van der Waals surface area contributed by atoms with Crippen LogP contribution >= 0.6 is 0 Å². The van der Waals surface area contributed by atoms with Crippen LogP contribution in [0.5, 0.6) is 0 Å². The monoisotopic (exact) mass is 358 g/mol. The van der Waals surface area contributed by atoms with Crippen LogP contribution in [0.15, 0.2) is 24.4 Å². The Kier molecular flexibility index (Phi) is 5.93. The van der Waals surface area contributed by atoms with Gasteiger partial charge < -0.3 is 19.4 Å². The number of aromatic amines is 1. The van der Waals surface area contributed by atoms with E-state index in [4.69, 9.17) is 9.47 Å². The summed E-state index contributed by atoms with van der Waals surface area (Å²) in [6.07, 6.45) is 4.43. The summed E-state index contributed by atoms with van der Waals surface area (Å²) >= 11 is 0. The van der Waals surface area contributed by atoms with Gasteiger partial charge >= 0.3 is 5.97 Å². The number of ether oxygens (including phenoxy) is 2. The standard InChI is InChI=1S/C20H26N2O4/c1-14-5-3-7-17-20(14)15(12-21-17)11-18(23)22(9-8-19(24)25-2)13-16-6-4-10-26-16/h3,5,7,12,16,21H,4,6,8-11,13H2,1-2H3. The molecule has 1 aromatic carbocycles. The lowest BCUT2D eigenvalue weighted by Crippen LogP contribution is -2.39. The third kappa shape index (κ3) is 4.25. The topological polar surface area (TPSA) is 71.6 Å². The Morgan fingerprint density at radius 2 is 2.23 bits per heavy atom. The summed E-state index contributed by atoms with van der Waals surface area (Å²) in [5, 5.41) is 1.10. The summed E-state index contributed by atoms with van der Waals surface area (Å²) in [5.74, 6) is -0.299. The molecule has 2 heterocycles. The first-order valence-corrected chi connectivity index (χ1v) is 9.10. The molecule has 2 aromatic rings. The number of carbonyl (C=O) groups excluding carboxylic acids is 2. The summed E-state index contributed by atoms with van der Waals surface area (Å²) in [4.78, 5) is 29.5.